The summed E-state index contributed by atoms with van der Waals surface area (Å²) in [5.74, 6) is 0. The van der Waals surface area contributed by atoms with Crippen LogP contribution in [-0.2, 0) is 27.1 Å². The molecule has 0 atom stereocenters. The lowest BCUT2D eigenvalue weighted by Gasteiger charge is -2.43. The third-order valence-corrected chi connectivity index (χ3v) is 15.7. The summed E-state index contributed by atoms with van der Waals surface area (Å²) in [5, 5.41) is 0. The Morgan fingerprint density at radius 3 is 1.23 bits per heavy atom. The first-order valence-electron chi connectivity index (χ1n) is 22.2. The van der Waals surface area contributed by atoms with Crippen LogP contribution in [-0.4, -0.2) is 0 Å². The zero-order valence-corrected chi connectivity index (χ0v) is 37.1. The van der Waals surface area contributed by atoms with E-state index in [4.69, 9.17) is 0 Å². The van der Waals surface area contributed by atoms with Gasteiger partial charge < -0.3 is 4.90 Å². The van der Waals surface area contributed by atoms with E-state index in [1.165, 1.54) is 112 Å². The van der Waals surface area contributed by atoms with Gasteiger partial charge in [0.2, 0.25) is 0 Å². The van der Waals surface area contributed by atoms with Gasteiger partial charge in [0.1, 0.15) is 0 Å². The van der Waals surface area contributed by atoms with Crippen molar-refractivity contribution in [1.82, 2.24) is 0 Å². The van der Waals surface area contributed by atoms with Crippen LogP contribution in [0.25, 0.3) is 44.5 Å². The molecular weight excluding hydrogens is 723 g/mol. The highest BCUT2D eigenvalue weighted by Gasteiger charge is 2.43. The fraction of sp³-hybridized carbons (Fsp3) is 0.288. The Hall–Kier alpha value is -5.66. The Morgan fingerprint density at radius 1 is 0.317 bits per heavy atom. The van der Waals surface area contributed by atoms with Crippen molar-refractivity contribution < 1.29 is 0 Å². The molecule has 0 spiro atoms. The van der Waals surface area contributed by atoms with Gasteiger partial charge in [-0.1, -0.05) is 172 Å². The van der Waals surface area contributed by atoms with Crippen LogP contribution in [0, 0.1) is 0 Å². The van der Waals surface area contributed by atoms with E-state index in [9.17, 15) is 0 Å². The Kier molecular flexibility index (Phi) is 7.61. The second-order valence-electron chi connectivity index (χ2n) is 21.2. The monoisotopic (exact) mass is 779 g/mol. The van der Waals surface area contributed by atoms with Gasteiger partial charge in [-0.05, 0) is 144 Å². The lowest BCUT2D eigenvalue weighted by molar-refractivity contribution is 0.333. The van der Waals surface area contributed by atoms with Gasteiger partial charge in [0.05, 0.1) is 5.69 Å². The highest BCUT2D eigenvalue weighted by molar-refractivity contribution is 5.97. The molecule has 11 rings (SSSR count). The summed E-state index contributed by atoms with van der Waals surface area (Å²) in [7, 11) is 0. The summed E-state index contributed by atoms with van der Waals surface area (Å²) >= 11 is 0. The van der Waals surface area contributed by atoms with Gasteiger partial charge in [0, 0.05) is 33.2 Å². The summed E-state index contributed by atoms with van der Waals surface area (Å²) in [5.41, 5.74) is 25.4. The van der Waals surface area contributed by atoms with E-state index < -0.39 is 0 Å². The normalized spacial score (nSPS) is 18.4. The van der Waals surface area contributed by atoms with Crippen LogP contribution in [0.15, 0.2) is 140 Å². The van der Waals surface area contributed by atoms with Crippen LogP contribution in [0.4, 0.5) is 17.1 Å². The van der Waals surface area contributed by atoms with Gasteiger partial charge in [0.25, 0.3) is 0 Å². The van der Waals surface area contributed by atoms with Crippen LogP contribution in [0.3, 0.4) is 0 Å². The quantitative estimate of drug-likeness (QED) is 0.172. The fourth-order valence-corrected chi connectivity index (χ4v) is 12.2. The van der Waals surface area contributed by atoms with E-state index in [1.54, 1.807) is 0 Å². The third-order valence-electron chi connectivity index (χ3n) is 15.7. The predicted octanol–water partition coefficient (Wildman–Crippen LogP) is 16.1. The third kappa shape index (κ3) is 4.99. The molecule has 7 aromatic carbocycles. The van der Waals surface area contributed by atoms with Crippen molar-refractivity contribution in [1.29, 1.82) is 0 Å². The fourth-order valence-electron chi connectivity index (χ4n) is 12.2. The first kappa shape index (κ1) is 37.3. The molecule has 0 saturated heterocycles. The van der Waals surface area contributed by atoms with E-state index in [1.807, 2.05) is 0 Å². The molecule has 4 aliphatic carbocycles. The van der Waals surface area contributed by atoms with Crippen molar-refractivity contribution in [2.45, 2.75) is 109 Å². The zero-order chi connectivity index (χ0) is 41.7. The number of hydrogen-bond donors (Lipinski definition) is 0. The second-order valence-corrected chi connectivity index (χ2v) is 21.2. The molecule has 0 bridgehead atoms. The largest absolute Gasteiger partial charge is 0.310 e. The summed E-state index contributed by atoms with van der Waals surface area (Å²) < 4.78 is 0. The maximum Gasteiger partial charge on any atom is 0.0543 e. The average Bonchev–Trinajstić information content (AvgIpc) is 3.71. The second kappa shape index (κ2) is 12.2. The Morgan fingerprint density at radius 2 is 0.717 bits per heavy atom. The lowest BCUT2D eigenvalue weighted by atomic mass is 9.61. The summed E-state index contributed by atoms with van der Waals surface area (Å²) in [6, 6.07) is 54.2. The molecule has 0 fully saturated rings. The molecule has 60 heavy (non-hydrogen) atoms. The maximum absolute atomic E-state index is 2.63. The van der Waals surface area contributed by atoms with Crippen molar-refractivity contribution in [3.05, 3.63) is 184 Å². The summed E-state index contributed by atoms with van der Waals surface area (Å²) in [6.07, 6.45) is 2.34. The van der Waals surface area contributed by atoms with Crippen molar-refractivity contribution in [3.8, 4) is 44.5 Å². The molecule has 0 saturated carbocycles. The Balaban J connectivity index is 1.24. The van der Waals surface area contributed by atoms with Crippen LogP contribution in [0.5, 0.6) is 0 Å². The molecule has 0 amide bonds. The molecule has 0 N–H and O–H groups in total. The molecule has 7 aromatic rings. The first-order chi connectivity index (χ1) is 28.5. The Labute approximate surface area is 358 Å². The Bertz CT molecular complexity index is 2860. The molecule has 1 nitrogen and oxygen atoms in total. The number of fused-ring (bicyclic) bond motifs is 10. The van der Waals surface area contributed by atoms with Crippen molar-refractivity contribution in [2.24, 2.45) is 0 Å². The summed E-state index contributed by atoms with van der Waals surface area (Å²) in [4.78, 5) is 2.63. The lowest BCUT2D eigenvalue weighted by Crippen LogP contribution is -2.34. The minimum Gasteiger partial charge on any atom is -0.310 e. The molecule has 298 valence electrons. The standard InChI is InChI=1S/C59H57N/c1-55(2)30-31-56(3,4)54-43(21-17-25-49(54)55)45-34-44-40-20-13-16-24-48(40)59(9,10)52(44)35-53(45)60(36-26-28-41-38-18-11-14-22-46(38)57(5,6)50(41)32-36)37-27-29-42-39-19-12-15-23-47(39)58(7,8)51(42)33-37/h11-29,32-35H,30-31H2,1-10H3. The number of anilines is 3. The average molecular weight is 780 g/mol. The van der Waals surface area contributed by atoms with Gasteiger partial charge >= 0.3 is 0 Å². The SMILES string of the molecule is CC1(C)CCC(C)(C)c2c(-c3cc4c(cc3N(c3ccc5c(c3)C(C)(C)c3ccccc3-5)c3ccc5c(c3)C(C)(C)c3ccccc3-5)C(C)(C)c3ccccc3-4)cccc21. The zero-order valence-electron chi connectivity index (χ0n) is 37.1. The van der Waals surface area contributed by atoms with Crippen LogP contribution >= 0.6 is 0 Å². The van der Waals surface area contributed by atoms with Crippen molar-refractivity contribution >= 4 is 17.1 Å². The van der Waals surface area contributed by atoms with Crippen LogP contribution < -0.4 is 4.90 Å². The van der Waals surface area contributed by atoms with Gasteiger partial charge in [-0.25, -0.2) is 0 Å². The van der Waals surface area contributed by atoms with Gasteiger partial charge in [-0.2, -0.15) is 0 Å². The summed E-state index contributed by atoms with van der Waals surface area (Å²) in [6.45, 7) is 24.3. The molecule has 0 radical (unpaired) electrons. The number of benzene rings is 7. The van der Waals surface area contributed by atoms with Crippen LogP contribution in [0.1, 0.15) is 127 Å². The maximum atomic E-state index is 2.63. The molecule has 0 heterocycles. The van der Waals surface area contributed by atoms with E-state index in [-0.39, 0.29) is 27.1 Å². The van der Waals surface area contributed by atoms with Crippen molar-refractivity contribution in [2.75, 3.05) is 4.90 Å². The molecule has 0 aliphatic heterocycles. The van der Waals surface area contributed by atoms with E-state index in [0.717, 1.165) is 6.42 Å². The number of rotatable bonds is 4. The minimum atomic E-state index is -0.161. The van der Waals surface area contributed by atoms with Crippen LogP contribution in [0.2, 0.25) is 0 Å². The van der Waals surface area contributed by atoms with E-state index >= 15 is 0 Å². The van der Waals surface area contributed by atoms with Gasteiger partial charge in [-0.15, -0.1) is 0 Å². The molecular formula is C59H57N. The van der Waals surface area contributed by atoms with Gasteiger partial charge in [0.15, 0.2) is 0 Å². The first-order valence-corrected chi connectivity index (χ1v) is 22.2. The highest BCUT2D eigenvalue weighted by atomic mass is 15.1. The smallest absolute Gasteiger partial charge is 0.0543 e. The van der Waals surface area contributed by atoms with E-state index in [0.29, 0.717) is 0 Å². The molecule has 0 aromatic heterocycles. The van der Waals surface area contributed by atoms with E-state index in [2.05, 4.69) is 214 Å². The highest BCUT2D eigenvalue weighted by Crippen LogP contribution is 2.58. The minimum absolute atomic E-state index is 0.0203. The molecule has 0 unspecified atom stereocenters. The van der Waals surface area contributed by atoms with Gasteiger partial charge in [-0.3, -0.25) is 0 Å². The predicted molar refractivity (Wildman–Crippen MR) is 255 cm³/mol. The topological polar surface area (TPSA) is 3.24 Å². The number of hydrogen-bond acceptors (Lipinski definition) is 1. The van der Waals surface area contributed by atoms with Crippen molar-refractivity contribution in [3.63, 3.8) is 0 Å². The number of nitrogens with zero attached hydrogens (tertiary/aromatic N) is 1. The molecule has 4 aliphatic rings. The molecule has 1 heteroatoms.